The fourth-order valence-electron chi connectivity index (χ4n) is 4.33. The molecule has 1 aromatic carbocycles. The summed E-state index contributed by atoms with van der Waals surface area (Å²) in [5, 5.41) is 9.23. The third-order valence-corrected chi connectivity index (χ3v) is 6.83. The normalized spacial score (nSPS) is 13.0. The van der Waals surface area contributed by atoms with E-state index in [9.17, 15) is 9.59 Å². The van der Waals surface area contributed by atoms with Crippen LogP contribution in [-0.2, 0) is 9.59 Å². The molecule has 2 rings (SSSR count). The monoisotopic (exact) mass is 471 g/mol. The van der Waals surface area contributed by atoms with E-state index in [1.165, 1.54) is 83.5 Å². The van der Waals surface area contributed by atoms with Crippen molar-refractivity contribution >= 4 is 23.2 Å². The SMILES string of the molecule is CCCCCCCCCCCCCCCCNC(=O)CNc1cccc(NC(=O)C2CC2)c1C. The van der Waals surface area contributed by atoms with Gasteiger partial charge in [-0.3, -0.25) is 9.59 Å². The third-order valence-electron chi connectivity index (χ3n) is 6.83. The highest BCUT2D eigenvalue weighted by Crippen LogP contribution is 2.31. The van der Waals surface area contributed by atoms with Gasteiger partial charge in [0.05, 0.1) is 6.54 Å². The summed E-state index contributed by atoms with van der Waals surface area (Å²) in [6, 6.07) is 5.77. The number of rotatable bonds is 20. The minimum atomic E-state index is 0.0153. The molecule has 0 bridgehead atoms. The van der Waals surface area contributed by atoms with Crippen LogP contribution in [0.4, 0.5) is 11.4 Å². The van der Waals surface area contributed by atoms with Gasteiger partial charge in [-0.1, -0.05) is 96.5 Å². The molecule has 0 unspecified atom stereocenters. The maximum Gasteiger partial charge on any atom is 0.239 e. The van der Waals surface area contributed by atoms with Gasteiger partial charge >= 0.3 is 0 Å². The molecule has 0 aliphatic heterocycles. The van der Waals surface area contributed by atoms with Gasteiger partial charge in [-0.2, -0.15) is 0 Å². The smallest absolute Gasteiger partial charge is 0.239 e. The number of carbonyl (C=O) groups is 2. The average Bonchev–Trinajstić information content (AvgIpc) is 3.68. The molecule has 1 aliphatic rings. The fraction of sp³-hybridized carbons (Fsp3) is 0.724. The highest BCUT2D eigenvalue weighted by atomic mass is 16.2. The molecule has 1 saturated carbocycles. The van der Waals surface area contributed by atoms with Gasteiger partial charge in [-0.15, -0.1) is 0 Å². The van der Waals surface area contributed by atoms with E-state index in [0.29, 0.717) is 0 Å². The van der Waals surface area contributed by atoms with Crippen molar-refractivity contribution in [1.82, 2.24) is 5.32 Å². The maximum absolute atomic E-state index is 12.2. The van der Waals surface area contributed by atoms with Crippen LogP contribution in [0.25, 0.3) is 0 Å². The summed E-state index contributed by atoms with van der Waals surface area (Å²) in [6.45, 7) is 5.24. The van der Waals surface area contributed by atoms with Crippen LogP contribution in [0.2, 0.25) is 0 Å². The zero-order valence-corrected chi connectivity index (χ0v) is 21.9. The van der Waals surface area contributed by atoms with E-state index in [0.717, 1.165) is 42.7 Å². The number of hydrogen-bond acceptors (Lipinski definition) is 3. The fourth-order valence-corrected chi connectivity index (χ4v) is 4.33. The Labute approximate surface area is 208 Å². The molecular formula is C29H49N3O2. The minimum Gasteiger partial charge on any atom is -0.376 e. The van der Waals surface area contributed by atoms with Gasteiger partial charge in [0.2, 0.25) is 11.8 Å². The molecule has 1 aliphatic carbocycles. The van der Waals surface area contributed by atoms with E-state index < -0.39 is 0 Å². The number of anilines is 2. The standard InChI is InChI=1S/C29H49N3O2/c1-3-4-5-6-7-8-9-10-11-12-13-14-15-16-22-30-28(33)23-31-26-18-17-19-27(24(26)2)32-29(34)25-20-21-25/h17-19,25,31H,3-16,20-23H2,1-2H3,(H,30,33)(H,32,34). The highest BCUT2D eigenvalue weighted by Gasteiger charge is 2.29. The minimum absolute atomic E-state index is 0.0153. The van der Waals surface area contributed by atoms with E-state index in [2.05, 4.69) is 22.9 Å². The third kappa shape index (κ3) is 12.4. The predicted octanol–water partition coefficient (Wildman–Crippen LogP) is 7.35. The van der Waals surface area contributed by atoms with Gasteiger partial charge in [0.1, 0.15) is 0 Å². The lowest BCUT2D eigenvalue weighted by atomic mass is 10.0. The molecule has 5 heteroatoms. The van der Waals surface area contributed by atoms with Crippen molar-refractivity contribution in [3.05, 3.63) is 23.8 Å². The molecule has 192 valence electrons. The molecule has 1 aromatic rings. The van der Waals surface area contributed by atoms with Gasteiger partial charge in [0, 0.05) is 23.8 Å². The zero-order chi connectivity index (χ0) is 24.4. The van der Waals surface area contributed by atoms with E-state index >= 15 is 0 Å². The molecule has 3 N–H and O–H groups in total. The van der Waals surface area contributed by atoms with Crippen molar-refractivity contribution in [3.8, 4) is 0 Å². The molecule has 0 radical (unpaired) electrons. The summed E-state index contributed by atoms with van der Waals surface area (Å²) in [7, 11) is 0. The molecule has 0 atom stereocenters. The molecule has 2 amide bonds. The summed E-state index contributed by atoms with van der Waals surface area (Å²) in [5.74, 6) is 0.296. The number of hydrogen-bond donors (Lipinski definition) is 3. The Bertz CT molecular complexity index is 715. The van der Waals surface area contributed by atoms with Crippen LogP contribution >= 0.6 is 0 Å². The van der Waals surface area contributed by atoms with Crippen LogP contribution in [-0.4, -0.2) is 24.9 Å². The second-order valence-corrected chi connectivity index (χ2v) is 10.0. The van der Waals surface area contributed by atoms with Gasteiger partial charge in [-0.25, -0.2) is 0 Å². The maximum atomic E-state index is 12.2. The largest absolute Gasteiger partial charge is 0.376 e. The Morgan fingerprint density at radius 2 is 1.32 bits per heavy atom. The first-order valence-corrected chi connectivity index (χ1v) is 14.0. The first kappa shape index (κ1) is 28.2. The Balaban J connectivity index is 1.42. The Morgan fingerprint density at radius 1 is 0.794 bits per heavy atom. The van der Waals surface area contributed by atoms with E-state index in [-0.39, 0.29) is 24.3 Å². The molecule has 0 saturated heterocycles. The van der Waals surface area contributed by atoms with Crippen LogP contribution in [0.3, 0.4) is 0 Å². The highest BCUT2D eigenvalue weighted by molar-refractivity contribution is 5.95. The van der Waals surface area contributed by atoms with Crippen LogP contribution in [0.5, 0.6) is 0 Å². The molecule has 34 heavy (non-hydrogen) atoms. The van der Waals surface area contributed by atoms with Crippen molar-refractivity contribution < 1.29 is 9.59 Å². The quantitative estimate of drug-likeness (QED) is 0.174. The zero-order valence-electron chi connectivity index (χ0n) is 21.9. The number of benzene rings is 1. The summed E-state index contributed by atoms with van der Waals surface area (Å²) >= 11 is 0. The van der Waals surface area contributed by atoms with E-state index in [4.69, 9.17) is 0 Å². The van der Waals surface area contributed by atoms with Gasteiger partial charge < -0.3 is 16.0 Å². The van der Waals surface area contributed by atoms with Gasteiger partial charge in [-0.05, 0) is 43.9 Å². The van der Waals surface area contributed by atoms with Crippen molar-refractivity contribution in [1.29, 1.82) is 0 Å². The summed E-state index contributed by atoms with van der Waals surface area (Å²) in [5.41, 5.74) is 2.68. The first-order chi connectivity index (χ1) is 16.6. The van der Waals surface area contributed by atoms with Crippen molar-refractivity contribution in [2.24, 2.45) is 5.92 Å². The molecule has 5 nitrogen and oxygen atoms in total. The Morgan fingerprint density at radius 3 is 1.88 bits per heavy atom. The van der Waals surface area contributed by atoms with Crippen LogP contribution in [0.15, 0.2) is 18.2 Å². The van der Waals surface area contributed by atoms with Gasteiger partial charge in [0.15, 0.2) is 0 Å². The Kier molecular flexibility index (Phi) is 14.4. The lowest BCUT2D eigenvalue weighted by Gasteiger charge is -2.14. The number of amides is 2. The van der Waals surface area contributed by atoms with Crippen molar-refractivity contribution in [2.75, 3.05) is 23.7 Å². The number of carbonyl (C=O) groups excluding carboxylic acids is 2. The predicted molar refractivity (Wildman–Crippen MR) is 144 cm³/mol. The second kappa shape index (κ2) is 17.4. The lowest BCUT2D eigenvalue weighted by molar-refractivity contribution is -0.119. The topological polar surface area (TPSA) is 70.2 Å². The van der Waals surface area contributed by atoms with Crippen LogP contribution in [0, 0.1) is 12.8 Å². The number of nitrogens with one attached hydrogen (secondary N) is 3. The first-order valence-electron chi connectivity index (χ1n) is 14.0. The van der Waals surface area contributed by atoms with Crippen molar-refractivity contribution in [2.45, 2.75) is 117 Å². The average molecular weight is 472 g/mol. The number of unbranched alkanes of at least 4 members (excludes halogenated alkanes) is 13. The van der Waals surface area contributed by atoms with Crippen LogP contribution < -0.4 is 16.0 Å². The Hall–Kier alpha value is -2.04. The van der Waals surface area contributed by atoms with E-state index in [1.807, 2.05) is 25.1 Å². The summed E-state index contributed by atoms with van der Waals surface area (Å²) < 4.78 is 0. The summed E-state index contributed by atoms with van der Waals surface area (Å²) in [6.07, 6.45) is 20.7. The molecule has 1 fully saturated rings. The van der Waals surface area contributed by atoms with Crippen molar-refractivity contribution in [3.63, 3.8) is 0 Å². The van der Waals surface area contributed by atoms with Gasteiger partial charge in [0.25, 0.3) is 0 Å². The summed E-state index contributed by atoms with van der Waals surface area (Å²) in [4.78, 5) is 24.2. The molecule has 0 aromatic heterocycles. The molecule has 0 heterocycles. The molecular weight excluding hydrogens is 422 g/mol. The lowest BCUT2D eigenvalue weighted by Crippen LogP contribution is -2.30. The molecule has 0 spiro atoms. The van der Waals surface area contributed by atoms with E-state index in [1.54, 1.807) is 0 Å². The van der Waals surface area contributed by atoms with Crippen LogP contribution in [0.1, 0.15) is 115 Å². The second-order valence-electron chi connectivity index (χ2n) is 10.0.